The van der Waals surface area contributed by atoms with Gasteiger partial charge in [-0.15, -0.1) is 0 Å². The van der Waals surface area contributed by atoms with Gasteiger partial charge < -0.3 is 14.5 Å². The van der Waals surface area contributed by atoms with Gasteiger partial charge in [-0.2, -0.15) is 0 Å². The summed E-state index contributed by atoms with van der Waals surface area (Å²) < 4.78 is 9.90. The Morgan fingerprint density at radius 1 is 1.54 bits per heavy atom. The monoisotopic (exact) mass is 205 g/mol. The van der Waals surface area contributed by atoms with Crippen molar-refractivity contribution in [1.29, 1.82) is 0 Å². The summed E-state index contributed by atoms with van der Waals surface area (Å²) in [5, 5.41) is 2.63. The third-order valence-corrected chi connectivity index (χ3v) is 3.17. The highest BCUT2D eigenvalue weighted by atomic mass is 28.2. The maximum Gasteiger partial charge on any atom is 0.406 e. The molecule has 0 rings (SSSR count). The van der Waals surface area contributed by atoms with Crippen LogP contribution in [0.15, 0.2) is 0 Å². The van der Waals surface area contributed by atoms with Crippen molar-refractivity contribution in [2.45, 2.75) is 32.4 Å². The van der Waals surface area contributed by atoms with Crippen LogP contribution in [0.25, 0.3) is 0 Å². The molecule has 4 nitrogen and oxygen atoms in total. The molecule has 1 amide bonds. The van der Waals surface area contributed by atoms with E-state index in [1.54, 1.807) is 0 Å². The van der Waals surface area contributed by atoms with E-state index in [4.69, 9.17) is 4.43 Å². The number of alkyl carbamates (subject to hydrolysis) is 1. The Labute approximate surface area is 81.9 Å². The molecule has 0 aliphatic rings. The molecule has 78 valence electrons. The minimum atomic E-state index is -0.379. The fraction of sp³-hybridized carbons (Fsp3) is 0.875. The molecule has 0 aliphatic heterocycles. The van der Waals surface area contributed by atoms with E-state index in [-0.39, 0.29) is 15.9 Å². The Kier molecular flexibility index (Phi) is 7.72. The van der Waals surface area contributed by atoms with Crippen molar-refractivity contribution in [2.75, 3.05) is 13.7 Å². The molecule has 0 bridgehead atoms. The molecule has 1 N–H and O–H groups in total. The molecule has 0 fully saturated rings. The van der Waals surface area contributed by atoms with E-state index in [0.29, 0.717) is 12.6 Å². The molecule has 0 saturated heterocycles. The van der Waals surface area contributed by atoms with Gasteiger partial charge in [-0.05, 0) is 26.3 Å². The first kappa shape index (κ1) is 12.4. The molecule has 0 atom stereocenters. The molecule has 0 aromatic heterocycles. The molecule has 0 unspecified atom stereocenters. The molecule has 0 heterocycles. The number of carbonyl (C=O) groups is 1. The average molecular weight is 205 g/mol. The largest absolute Gasteiger partial charge is 0.453 e. The van der Waals surface area contributed by atoms with Gasteiger partial charge in [0.25, 0.3) is 0 Å². The fourth-order valence-electron chi connectivity index (χ4n) is 0.809. The fourth-order valence-corrected chi connectivity index (χ4v) is 1.90. The van der Waals surface area contributed by atoms with E-state index in [0.717, 1.165) is 12.5 Å². The summed E-state index contributed by atoms with van der Waals surface area (Å²) in [7, 11) is 0.988. The van der Waals surface area contributed by atoms with Crippen LogP contribution in [0.3, 0.4) is 0 Å². The second-order valence-corrected chi connectivity index (χ2v) is 4.49. The van der Waals surface area contributed by atoms with Gasteiger partial charge in [-0.3, -0.25) is 0 Å². The van der Waals surface area contributed by atoms with Crippen molar-refractivity contribution < 1.29 is 14.0 Å². The second kappa shape index (κ2) is 8.06. The molecule has 0 aromatic rings. The van der Waals surface area contributed by atoms with Crippen LogP contribution < -0.4 is 5.32 Å². The molecule has 13 heavy (non-hydrogen) atoms. The summed E-state index contributed by atoms with van der Waals surface area (Å²) in [5.41, 5.74) is 0. The van der Waals surface area contributed by atoms with E-state index in [2.05, 4.69) is 10.1 Å². The van der Waals surface area contributed by atoms with Crippen molar-refractivity contribution in [3.8, 4) is 0 Å². The van der Waals surface area contributed by atoms with E-state index < -0.39 is 0 Å². The molecular formula is C8H19NO3Si. The first-order chi connectivity index (χ1) is 6.16. The van der Waals surface area contributed by atoms with Gasteiger partial charge >= 0.3 is 6.09 Å². The number of methoxy groups -OCH3 is 1. The van der Waals surface area contributed by atoms with E-state index in [9.17, 15) is 4.79 Å². The predicted molar refractivity (Wildman–Crippen MR) is 54.6 cm³/mol. The standard InChI is InChI=1S/C8H19NO3Si/c1-7(2)12-13-6-4-5-9-8(10)11-3/h7H,4-6,13H2,1-3H3,(H,9,10). The van der Waals surface area contributed by atoms with Crippen LogP contribution in [0.4, 0.5) is 4.79 Å². The van der Waals surface area contributed by atoms with E-state index >= 15 is 0 Å². The van der Waals surface area contributed by atoms with Crippen LogP contribution in [-0.2, 0) is 9.16 Å². The van der Waals surface area contributed by atoms with Crippen molar-refractivity contribution in [3.63, 3.8) is 0 Å². The predicted octanol–water partition coefficient (Wildman–Crippen LogP) is 0.660. The van der Waals surface area contributed by atoms with E-state index in [1.165, 1.54) is 7.11 Å². The molecule has 0 aliphatic carbocycles. The zero-order valence-corrected chi connectivity index (χ0v) is 10.0. The van der Waals surface area contributed by atoms with Crippen molar-refractivity contribution in [2.24, 2.45) is 0 Å². The smallest absolute Gasteiger partial charge is 0.406 e. The average Bonchev–Trinajstić information content (AvgIpc) is 2.10. The van der Waals surface area contributed by atoms with Crippen molar-refractivity contribution >= 4 is 15.9 Å². The Morgan fingerprint density at radius 2 is 2.23 bits per heavy atom. The van der Waals surface area contributed by atoms with Crippen LogP contribution in [0.2, 0.25) is 6.04 Å². The minimum absolute atomic E-state index is 0.347. The van der Waals surface area contributed by atoms with Crippen LogP contribution in [-0.4, -0.2) is 35.6 Å². The highest BCUT2D eigenvalue weighted by Gasteiger charge is 1.97. The molecule has 0 spiro atoms. The Balaban J connectivity index is 3.04. The molecular weight excluding hydrogens is 186 g/mol. The first-order valence-electron chi connectivity index (χ1n) is 4.60. The maximum absolute atomic E-state index is 10.6. The number of hydrogen-bond donors (Lipinski definition) is 1. The lowest BCUT2D eigenvalue weighted by Gasteiger charge is -2.06. The van der Waals surface area contributed by atoms with Gasteiger partial charge in [0.15, 0.2) is 9.76 Å². The van der Waals surface area contributed by atoms with Crippen LogP contribution in [0.5, 0.6) is 0 Å². The SMILES string of the molecule is COC(=O)NCCC[SiH2]OC(C)C. The lowest BCUT2D eigenvalue weighted by atomic mass is 10.5. The molecule has 0 aromatic carbocycles. The third-order valence-electron chi connectivity index (χ3n) is 1.48. The summed E-state index contributed by atoms with van der Waals surface area (Å²) in [6.07, 6.45) is 0.972. The normalized spacial score (nSPS) is 11.1. The quantitative estimate of drug-likeness (QED) is 0.512. The number of hydrogen-bond acceptors (Lipinski definition) is 3. The topological polar surface area (TPSA) is 47.6 Å². The summed E-state index contributed by atoms with van der Waals surface area (Å²) in [6, 6.07) is 1.10. The van der Waals surface area contributed by atoms with Gasteiger partial charge in [0, 0.05) is 12.6 Å². The Hall–Kier alpha value is -0.553. The van der Waals surface area contributed by atoms with Gasteiger partial charge in [-0.1, -0.05) is 0 Å². The van der Waals surface area contributed by atoms with Gasteiger partial charge in [0.2, 0.25) is 0 Å². The van der Waals surface area contributed by atoms with Gasteiger partial charge in [0.05, 0.1) is 7.11 Å². The zero-order chi connectivity index (χ0) is 10.1. The highest BCUT2D eigenvalue weighted by molar-refractivity contribution is 6.27. The molecule has 5 heteroatoms. The van der Waals surface area contributed by atoms with Gasteiger partial charge in [-0.25, -0.2) is 4.79 Å². The summed E-state index contributed by atoms with van der Waals surface area (Å²) >= 11 is 0. The van der Waals surface area contributed by atoms with Crippen LogP contribution in [0, 0.1) is 0 Å². The maximum atomic E-state index is 10.6. The zero-order valence-electron chi connectivity index (χ0n) is 8.63. The highest BCUT2D eigenvalue weighted by Crippen LogP contribution is 1.92. The van der Waals surface area contributed by atoms with Crippen LogP contribution >= 0.6 is 0 Å². The number of ether oxygens (including phenoxy) is 1. The number of amides is 1. The first-order valence-corrected chi connectivity index (χ1v) is 6.18. The third kappa shape index (κ3) is 9.36. The van der Waals surface area contributed by atoms with Crippen molar-refractivity contribution in [3.05, 3.63) is 0 Å². The minimum Gasteiger partial charge on any atom is -0.453 e. The Bertz CT molecular complexity index is 141. The number of rotatable bonds is 6. The molecule has 0 saturated carbocycles. The van der Waals surface area contributed by atoms with Gasteiger partial charge in [0.1, 0.15) is 0 Å². The summed E-state index contributed by atoms with van der Waals surface area (Å²) in [4.78, 5) is 10.6. The number of carbonyl (C=O) groups excluding carboxylic acids is 1. The Morgan fingerprint density at radius 3 is 2.77 bits per heavy atom. The molecule has 0 radical (unpaired) electrons. The number of nitrogens with one attached hydrogen (secondary N) is 1. The van der Waals surface area contributed by atoms with Crippen LogP contribution in [0.1, 0.15) is 20.3 Å². The van der Waals surface area contributed by atoms with E-state index in [1.807, 2.05) is 13.8 Å². The van der Waals surface area contributed by atoms with Crippen molar-refractivity contribution in [1.82, 2.24) is 5.32 Å². The second-order valence-electron chi connectivity index (χ2n) is 3.05. The summed E-state index contributed by atoms with van der Waals surface area (Å²) in [5.74, 6) is 0. The lowest BCUT2D eigenvalue weighted by molar-refractivity contribution is 0.171. The summed E-state index contributed by atoms with van der Waals surface area (Å²) in [6.45, 7) is 4.76. The lowest BCUT2D eigenvalue weighted by Crippen LogP contribution is -2.24.